The zero-order valence-corrected chi connectivity index (χ0v) is 14.7. The van der Waals surface area contributed by atoms with Gasteiger partial charge >= 0.3 is 0 Å². The van der Waals surface area contributed by atoms with E-state index in [1.807, 2.05) is 46.2 Å². The van der Waals surface area contributed by atoms with Crippen LogP contribution in [0.2, 0.25) is 0 Å². The van der Waals surface area contributed by atoms with Crippen LogP contribution < -0.4 is 4.73 Å². The number of aryl methyl sites for hydroxylation is 4. The largest absolute Gasteiger partial charge is 0.619 e. The van der Waals surface area contributed by atoms with Crippen LogP contribution in [0.1, 0.15) is 22.3 Å². The molecule has 0 aliphatic rings. The van der Waals surface area contributed by atoms with Gasteiger partial charge in [0.25, 0.3) is 0 Å². The lowest BCUT2D eigenvalue weighted by Crippen LogP contribution is -2.25. The maximum absolute atomic E-state index is 10.6. The average molecular weight is 350 g/mol. The molecule has 0 N–H and O–H groups in total. The van der Waals surface area contributed by atoms with E-state index >= 15 is 0 Å². The topological polar surface area (TPSA) is 39.8 Å². The molecule has 0 saturated carbocycles. The van der Waals surface area contributed by atoms with Gasteiger partial charge in [-0.2, -0.15) is 4.73 Å². The molecule has 0 aliphatic heterocycles. The van der Waals surface area contributed by atoms with Crippen molar-refractivity contribution in [2.45, 2.75) is 32.0 Å². The molecule has 0 fully saturated rings. The Kier molecular flexibility index (Phi) is 10.1. The predicted molar refractivity (Wildman–Crippen MR) is 89.9 cm³/mol. The molecule has 0 amide bonds. The summed E-state index contributed by atoms with van der Waals surface area (Å²) in [6, 6.07) is 4.07. The van der Waals surface area contributed by atoms with Gasteiger partial charge in [0.15, 0.2) is 16.7 Å². The molecular weight excluding hydrogens is 331 g/mol. The lowest BCUT2D eigenvalue weighted by Gasteiger charge is -1.96. The van der Waals surface area contributed by atoms with Crippen LogP contribution in [0.5, 0.6) is 0 Å². The molecule has 0 aliphatic carbocycles. The second-order valence-electron chi connectivity index (χ2n) is 4.54. The van der Waals surface area contributed by atoms with Crippen LogP contribution in [0.4, 0.5) is 0 Å². The van der Waals surface area contributed by atoms with Gasteiger partial charge in [-0.05, 0) is 44.9 Å². The van der Waals surface area contributed by atoms with Crippen molar-refractivity contribution in [1.29, 1.82) is 0 Å². The summed E-state index contributed by atoms with van der Waals surface area (Å²) in [6.07, 6.45) is 6.81. The third kappa shape index (κ3) is 12.4. The van der Waals surface area contributed by atoms with Crippen LogP contribution in [0.3, 0.4) is 0 Å². The minimum atomic E-state index is -0.750. The molecule has 0 saturated heterocycles. The predicted octanol–water partition coefficient (Wildman–Crippen LogP) is 4.62. The minimum Gasteiger partial charge on any atom is -0.619 e. The van der Waals surface area contributed by atoms with Crippen LogP contribution in [-0.2, 0) is 0 Å². The van der Waals surface area contributed by atoms with Gasteiger partial charge in [-0.1, -0.05) is 40.9 Å². The van der Waals surface area contributed by atoms with E-state index in [0.717, 1.165) is 15.9 Å². The average Bonchev–Trinajstić information content (AvgIpc) is 2.26. The molecule has 0 unspecified atom stereocenters. The summed E-state index contributed by atoms with van der Waals surface area (Å²) in [5.74, 6) is 0. The highest BCUT2D eigenvalue weighted by atomic mass is 35.6. The van der Waals surface area contributed by atoms with Gasteiger partial charge in [0, 0.05) is 23.5 Å². The van der Waals surface area contributed by atoms with Crippen LogP contribution in [-0.4, -0.2) is 9.28 Å². The molecule has 0 radical (unpaired) electrons. The Bertz CT molecular complexity index is 478. The number of rotatable bonds is 0. The van der Waals surface area contributed by atoms with E-state index in [2.05, 4.69) is 11.1 Å². The highest BCUT2D eigenvalue weighted by Crippen LogP contribution is 2.03. The fourth-order valence-corrected chi connectivity index (χ4v) is 1.58. The van der Waals surface area contributed by atoms with Crippen LogP contribution in [0, 0.1) is 32.9 Å². The molecule has 21 heavy (non-hydrogen) atoms. The molecule has 6 heteroatoms. The molecule has 0 aromatic carbocycles. The van der Waals surface area contributed by atoms with Crippen molar-refractivity contribution >= 4 is 34.8 Å². The monoisotopic (exact) mass is 348 g/mol. The first-order valence-electron chi connectivity index (χ1n) is 6.18. The number of halogens is 3. The summed E-state index contributed by atoms with van der Waals surface area (Å²) < 4.78 is 0.0741. The number of hydrogen-bond acceptors (Lipinski definition) is 2. The Hall–Kier alpha value is -1.03. The van der Waals surface area contributed by atoms with Crippen LogP contribution in [0.25, 0.3) is 0 Å². The molecule has 2 aromatic heterocycles. The summed E-state index contributed by atoms with van der Waals surface area (Å²) in [5, 5.41) is 10.6. The molecule has 116 valence electrons. The maximum Gasteiger partial charge on any atom is 0.183 e. The van der Waals surface area contributed by atoms with Gasteiger partial charge in [0.1, 0.15) is 0 Å². The second kappa shape index (κ2) is 10.7. The summed E-state index contributed by atoms with van der Waals surface area (Å²) >= 11 is 14.4. The Labute approximate surface area is 141 Å². The SMILES string of the molecule is Cc1cc(C)c[n+]([O-])c1.Cc1cncc(C)c1.ClC(Cl)Cl. The fraction of sp³-hybridized carbons (Fsp3) is 0.333. The maximum atomic E-state index is 10.6. The normalized spacial score (nSPS) is 9.33. The summed E-state index contributed by atoms with van der Waals surface area (Å²) in [5.41, 5.74) is 4.46. The molecule has 2 rings (SSSR count). The standard InChI is InChI=1S/C7H9NO.C7H9N.CHCl3/c1-6-3-7(2)5-8(9)4-6;1-6-3-7(2)5-8-4-6;2-1(3)4/h3-5H,1-2H3;3-5H,1-2H3;1H. The zero-order valence-electron chi connectivity index (χ0n) is 12.5. The summed E-state index contributed by atoms with van der Waals surface area (Å²) in [6.45, 7) is 7.89. The number of pyridine rings is 2. The van der Waals surface area contributed by atoms with Crippen molar-refractivity contribution in [2.24, 2.45) is 0 Å². The Morgan fingerprint density at radius 2 is 1.19 bits per heavy atom. The molecule has 0 bridgehead atoms. The van der Waals surface area contributed by atoms with E-state index in [1.165, 1.54) is 11.1 Å². The Balaban J connectivity index is 0.000000308. The first-order valence-corrected chi connectivity index (χ1v) is 7.49. The van der Waals surface area contributed by atoms with Gasteiger partial charge in [-0.15, -0.1) is 0 Å². The van der Waals surface area contributed by atoms with Crippen molar-refractivity contribution in [2.75, 3.05) is 0 Å². The fourth-order valence-electron chi connectivity index (χ4n) is 1.58. The van der Waals surface area contributed by atoms with Gasteiger partial charge in [0.05, 0.1) is 0 Å². The minimum absolute atomic E-state index is 0.750. The summed E-state index contributed by atoms with van der Waals surface area (Å²) in [7, 11) is 0. The molecule has 0 atom stereocenters. The highest BCUT2D eigenvalue weighted by molar-refractivity contribution is 6.63. The molecule has 3 nitrogen and oxygen atoms in total. The third-order valence-electron chi connectivity index (χ3n) is 2.13. The van der Waals surface area contributed by atoms with Crippen molar-refractivity contribution in [3.05, 3.63) is 64.4 Å². The van der Waals surface area contributed by atoms with E-state index in [0.29, 0.717) is 0 Å². The van der Waals surface area contributed by atoms with Crippen molar-refractivity contribution < 1.29 is 4.73 Å². The molecular formula is C15H19Cl3N2O. The second-order valence-corrected chi connectivity index (χ2v) is 6.52. The first kappa shape index (κ1) is 20.0. The van der Waals surface area contributed by atoms with E-state index in [4.69, 9.17) is 34.8 Å². The molecule has 2 aromatic rings. The number of alkyl halides is 3. The first-order chi connectivity index (χ1) is 9.70. The van der Waals surface area contributed by atoms with E-state index in [1.54, 1.807) is 12.4 Å². The van der Waals surface area contributed by atoms with Gasteiger partial charge in [-0.3, -0.25) is 4.98 Å². The van der Waals surface area contributed by atoms with Crippen LogP contribution >= 0.6 is 34.8 Å². The zero-order chi connectivity index (χ0) is 16.4. The van der Waals surface area contributed by atoms with Gasteiger partial charge < -0.3 is 5.21 Å². The third-order valence-corrected chi connectivity index (χ3v) is 2.13. The molecule has 2 heterocycles. The highest BCUT2D eigenvalue weighted by Gasteiger charge is 1.92. The Morgan fingerprint density at radius 1 is 0.857 bits per heavy atom. The smallest absolute Gasteiger partial charge is 0.183 e. The van der Waals surface area contributed by atoms with E-state index < -0.39 is 4.30 Å². The Morgan fingerprint density at radius 3 is 1.43 bits per heavy atom. The van der Waals surface area contributed by atoms with Crippen molar-refractivity contribution in [3.63, 3.8) is 0 Å². The van der Waals surface area contributed by atoms with Gasteiger partial charge in [-0.25, -0.2) is 0 Å². The lowest BCUT2D eigenvalue weighted by atomic mass is 10.2. The van der Waals surface area contributed by atoms with Crippen molar-refractivity contribution in [3.8, 4) is 0 Å². The van der Waals surface area contributed by atoms with Gasteiger partial charge in [0.2, 0.25) is 0 Å². The van der Waals surface area contributed by atoms with Crippen molar-refractivity contribution in [1.82, 2.24) is 4.98 Å². The lowest BCUT2D eigenvalue weighted by molar-refractivity contribution is -0.606. The number of nitrogens with zero attached hydrogens (tertiary/aromatic N) is 2. The summed E-state index contributed by atoms with van der Waals surface area (Å²) in [4.78, 5) is 3.98. The quantitative estimate of drug-likeness (QED) is 0.395. The van der Waals surface area contributed by atoms with E-state index in [-0.39, 0.29) is 0 Å². The van der Waals surface area contributed by atoms with Crippen LogP contribution in [0.15, 0.2) is 36.9 Å². The van der Waals surface area contributed by atoms with E-state index in [9.17, 15) is 5.21 Å². The number of aromatic nitrogens is 2. The number of hydrogen-bond donors (Lipinski definition) is 0. The molecule has 0 spiro atoms.